The Morgan fingerprint density at radius 3 is 3.00 bits per heavy atom. The summed E-state index contributed by atoms with van der Waals surface area (Å²) in [7, 11) is 1.19. The quantitative estimate of drug-likeness (QED) is 0.459. The zero-order valence-electron chi connectivity index (χ0n) is 29.2. The molecule has 7 heteroatoms. The van der Waals surface area contributed by atoms with E-state index in [1.807, 2.05) is 0 Å². The maximum Gasteiger partial charge on any atom is 0.159 e. The maximum atomic E-state index is 14.4. The van der Waals surface area contributed by atoms with Gasteiger partial charge in [-0.2, -0.15) is 5.26 Å². The molecule has 6 nitrogen and oxygen atoms in total. The van der Waals surface area contributed by atoms with Crippen molar-refractivity contribution >= 4 is 28.1 Å². The number of anilines is 2. The lowest BCUT2D eigenvalue weighted by molar-refractivity contribution is -0.114. The third-order valence-corrected chi connectivity index (χ3v) is 4.27. The Balaban J connectivity index is 2.34. The number of hydrogen-bond donors (Lipinski definition) is 1. The average Bonchev–Trinajstić information content (AvgIpc) is 2.96. The van der Waals surface area contributed by atoms with Crippen LogP contribution in [-0.4, -0.2) is 42.8 Å². The van der Waals surface area contributed by atoms with Crippen LogP contribution in [0.25, 0.3) is 10.9 Å². The molecule has 0 saturated carbocycles. The highest BCUT2D eigenvalue weighted by atomic mass is 19.1. The summed E-state index contributed by atoms with van der Waals surface area (Å²) in [6.07, 6.45) is -1.39. The second-order valence-electron chi connectivity index (χ2n) is 6.87. The van der Waals surface area contributed by atoms with Crippen molar-refractivity contribution < 1.29 is 29.0 Å². The van der Waals surface area contributed by atoms with E-state index >= 15 is 0 Å². The van der Waals surface area contributed by atoms with Crippen molar-refractivity contribution in [2.24, 2.45) is 0 Å². The molecule has 2 aromatic carbocycles. The van der Waals surface area contributed by atoms with E-state index in [1.165, 1.54) is 14.0 Å². The molecule has 0 aliphatic carbocycles. The lowest BCUT2D eigenvalue weighted by Gasteiger charge is -2.15. The molecule has 0 bridgehead atoms. The molecule has 0 fully saturated rings. The maximum absolute atomic E-state index is 14.4. The third-order valence-electron chi connectivity index (χ3n) is 4.27. The summed E-state index contributed by atoms with van der Waals surface area (Å²) in [4.78, 5) is 17.9. The summed E-state index contributed by atoms with van der Waals surface area (Å²) < 4.78 is 109. The van der Waals surface area contributed by atoms with Gasteiger partial charge in [0.15, 0.2) is 5.78 Å². The smallest absolute Gasteiger partial charge is 0.159 e. The molecule has 33 heavy (non-hydrogen) atoms. The number of likely N-dealkylation sites (N-methyl/N-ethyl adjacent to an activating group) is 1. The Bertz CT molecular complexity index is 1720. The van der Waals surface area contributed by atoms with Gasteiger partial charge in [-0.25, -0.2) is 4.39 Å². The zero-order valence-corrected chi connectivity index (χ0v) is 18.2. The van der Waals surface area contributed by atoms with Crippen molar-refractivity contribution in [2.45, 2.75) is 20.3 Å². The number of carbonyl (C=O) groups is 1. The number of carbonyl (C=O) groups excluding carboxylic acids is 1. The Kier molecular flexibility index (Phi) is 4.24. The van der Waals surface area contributed by atoms with E-state index in [0.29, 0.717) is 0 Å². The van der Waals surface area contributed by atoms with Crippen LogP contribution < -0.4 is 10.1 Å². The summed E-state index contributed by atoms with van der Waals surface area (Å²) in [5.74, 6) is -2.38. The van der Waals surface area contributed by atoms with E-state index in [-0.39, 0.29) is 40.1 Å². The summed E-state index contributed by atoms with van der Waals surface area (Å²) in [5.41, 5.74) is -2.07. The number of ether oxygens (including phenoxy) is 1. The molecule has 0 saturated heterocycles. The molecule has 3 rings (SSSR count). The largest absolute Gasteiger partial charge is 0.494 e. The lowest BCUT2D eigenvalue weighted by atomic mass is 10.0. The molecule has 0 unspecified atom stereocenters. The minimum atomic E-state index is -2.59. The first kappa shape index (κ1) is 13.1. The first-order chi connectivity index (χ1) is 20.4. The van der Waals surface area contributed by atoms with Crippen molar-refractivity contribution in [3.05, 3.63) is 71.0 Å². The van der Waals surface area contributed by atoms with E-state index < -0.39 is 91.3 Å². The molecule has 0 aliphatic rings. The van der Waals surface area contributed by atoms with Crippen molar-refractivity contribution in [3.8, 4) is 11.8 Å². The van der Waals surface area contributed by atoms with E-state index in [1.54, 1.807) is 13.0 Å². The van der Waals surface area contributed by atoms with Crippen LogP contribution in [0.3, 0.4) is 0 Å². The van der Waals surface area contributed by atoms with E-state index in [2.05, 4.69) is 10.3 Å². The number of nitriles is 1. The van der Waals surface area contributed by atoms with Gasteiger partial charge in [-0.05, 0) is 63.7 Å². The van der Waals surface area contributed by atoms with Crippen LogP contribution in [-0.2, 0) is 11.2 Å². The molecule has 0 atom stereocenters. The average molecular weight is 458 g/mol. The van der Waals surface area contributed by atoms with Gasteiger partial charge in [-0.3, -0.25) is 9.78 Å². The second-order valence-corrected chi connectivity index (χ2v) is 6.87. The van der Waals surface area contributed by atoms with Gasteiger partial charge < -0.3 is 15.0 Å². The number of aromatic nitrogens is 1. The molecule has 0 spiro atoms. The number of allylic oxidation sites excluding steroid dienone is 1. The van der Waals surface area contributed by atoms with Crippen LogP contribution in [0.1, 0.15) is 38.7 Å². The van der Waals surface area contributed by atoms with Crippen molar-refractivity contribution in [2.75, 3.05) is 32.5 Å². The van der Waals surface area contributed by atoms with Crippen molar-refractivity contribution in [1.29, 1.82) is 5.26 Å². The number of hydrogen-bond acceptors (Lipinski definition) is 6. The van der Waals surface area contributed by atoms with Crippen molar-refractivity contribution in [1.82, 2.24) is 9.88 Å². The highest BCUT2D eigenvalue weighted by Crippen LogP contribution is 2.34. The second kappa shape index (κ2) is 10.7. The van der Waals surface area contributed by atoms with Gasteiger partial charge in [0.25, 0.3) is 0 Å². The molecule has 170 valence electrons. The number of fused-ring (bicyclic) bond motifs is 1. The van der Waals surface area contributed by atoms with E-state index in [4.69, 9.17) is 19.8 Å². The topological polar surface area (TPSA) is 78.2 Å². The number of nitrogens with zero attached hydrogens (tertiary/aromatic N) is 3. The minimum absolute atomic E-state index is 0.0324. The minimum Gasteiger partial charge on any atom is -0.494 e. The highest BCUT2D eigenvalue weighted by molar-refractivity contribution is 5.98. The van der Waals surface area contributed by atoms with Gasteiger partial charge in [0.1, 0.15) is 17.6 Å². The Morgan fingerprint density at radius 1 is 1.45 bits per heavy atom. The van der Waals surface area contributed by atoms with Gasteiger partial charge in [0, 0.05) is 45.9 Å². The molecule has 3 aromatic rings. The van der Waals surface area contributed by atoms with Gasteiger partial charge in [-0.15, -0.1) is 0 Å². The molecule has 0 aliphatic heterocycles. The Hall–Kier alpha value is -3.76. The molecule has 0 amide bonds. The first-order valence-electron chi connectivity index (χ1n) is 15.3. The number of ketones is 1. The van der Waals surface area contributed by atoms with E-state index in [0.717, 1.165) is 4.90 Å². The number of pyridine rings is 1. The van der Waals surface area contributed by atoms with Gasteiger partial charge in [0.2, 0.25) is 0 Å². The van der Waals surface area contributed by atoms with Crippen LogP contribution in [0.15, 0.2) is 48.5 Å². The SMILES string of the molecule is [2H]/C(CN(C)C([2H])([2H])[2H])=C(/[2H])C(=O)Cc1c(OCC)c([2H])c2nc([2H])c(C#N)c(Nc3c([2H])c([2H])c(F)c(C)c3[2H])c2c1[2H]. The van der Waals surface area contributed by atoms with Gasteiger partial charge >= 0.3 is 0 Å². The third kappa shape index (κ3) is 5.93. The lowest BCUT2D eigenvalue weighted by Crippen LogP contribution is -2.11. The fourth-order valence-electron chi connectivity index (χ4n) is 2.80. The summed E-state index contributed by atoms with van der Waals surface area (Å²) in [6, 6.07) is -2.82. The molecule has 1 N–H and O–H groups in total. The number of benzene rings is 2. The van der Waals surface area contributed by atoms with Crippen LogP contribution >= 0.6 is 0 Å². The predicted molar refractivity (Wildman–Crippen MR) is 128 cm³/mol. The highest BCUT2D eigenvalue weighted by Gasteiger charge is 2.16. The van der Waals surface area contributed by atoms with Crippen LogP contribution in [0.4, 0.5) is 15.8 Å². The normalized spacial score (nSPS) is 16.9. The Morgan fingerprint density at radius 2 is 2.27 bits per heavy atom. The monoisotopic (exact) mass is 457 g/mol. The summed E-state index contributed by atoms with van der Waals surface area (Å²) >= 11 is 0. The molecular formula is C26H27FN4O2. The van der Waals surface area contributed by atoms with Gasteiger partial charge in [0.05, 0.1) is 34.3 Å². The number of rotatable bonds is 9. The van der Waals surface area contributed by atoms with E-state index in [9.17, 15) is 14.4 Å². The molecule has 1 heterocycles. The van der Waals surface area contributed by atoms with Crippen molar-refractivity contribution in [3.63, 3.8) is 0 Å². The standard InChI is InChI=1S/C26H27FN4O2/c1-5-33-25-14-24-22(13-18(25)12-21(32)7-6-10-31(3)4)26(19(15-28)16-29-24)30-20-8-9-23(27)17(2)11-20/h6-9,11,13-14,16H,5,10,12H2,1-4H3,(H,29,30)/b7-6+/i3D3,6D,7D,8D,9D,11D,13D,14D,16D. The first-order valence-corrected chi connectivity index (χ1v) is 9.81. The fourth-order valence-corrected chi connectivity index (χ4v) is 2.80. The molecular weight excluding hydrogens is 419 g/mol. The van der Waals surface area contributed by atoms with Crippen LogP contribution in [0.5, 0.6) is 5.75 Å². The Labute approximate surface area is 208 Å². The fraction of sp³-hybridized carbons (Fsp3) is 0.269. The molecule has 1 aromatic heterocycles. The summed E-state index contributed by atoms with van der Waals surface area (Å²) in [6.45, 7) is -0.390. The molecule has 0 radical (unpaired) electrons. The summed E-state index contributed by atoms with van der Waals surface area (Å²) in [5, 5.41) is 12.2. The van der Waals surface area contributed by atoms with Gasteiger partial charge in [-0.1, -0.05) is 6.05 Å². The number of nitrogens with one attached hydrogen (secondary N) is 1. The zero-order chi connectivity index (χ0) is 33.4. The number of halogens is 1. The van der Waals surface area contributed by atoms with Crippen LogP contribution in [0, 0.1) is 24.1 Å². The van der Waals surface area contributed by atoms with Crippen LogP contribution in [0.2, 0.25) is 0 Å². The predicted octanol–water partition coefficient (Wildman–Crippen LogP) is 4.93.